The fraction of sp³-hybridized carbons (Fsp3) is 0.300. The zero-order chi connectivity index (χ0) is 34.1. The maximum atomic E-state index is 13.8. The summed E-state index contributed by atoms with van der Waals surface area (Å²) in [5.41, 5.74) is 14.2. The van der Waals surface area contributed by atoms with E-state index in [9.17, 15) is 9.59 Å². The first-order chi connectivity index (χ1) is 24.4. The summed E-state index contributed by atoms with van der Waals surface area (Å²) in [4.78, 5) is 37.8. The zero-order valence-electron chi connectivity index (χ0n) is 28.2. The maximum absolute atomic E-state index is 13.8. The van der Waals surface area contributed by atoms with Gasteiger partial charge in [0.05, 0.1) is 18.3 Å². The summed E-state index contributed by atoms with van der Waals surface area (Å²) in [6.07, 6.45) is 7.79. The van der Waals surface area contributed by atoms with Crippen molar-refractivity contribution in [3.8, 4) is 28.4 Å². The molecule has 6 aromatic rings. The van der Waals surface area contributed by atoms with E-state index in [4.69, 9.17) is 15.5 Å². The van der Waals surface area contributed by atoms with E-state index < -0.39 is 0 Å². The normalized spacial score (nSPS) is 19.8. The first-order valence-corrected chi connectivity index (χ1v) is 17.4. The highest BCUT2D eigenvalue weighted by Gasteiger charge is 2.47. The second kappa shape index (κ2) is 11.8. The number of hydrogen-bond acceptors (Lipinski definition) is 6. The molecule has 3 N–H and O–H groups in total. The Morgan fingerprint density at radius 2 is 1.70 bits per heavy atom. The van der Waals surface area contributed by atoms with Crippen LogP contribution in [0.1, 0.15) is 46.4 Å². The molecule has 2 aliphatic carbocycles. The van der Waals surface area contributed by atoms with Gasteiger partial charge < -0.3 is 29.8 Å². The van der Waals surface area contributed by atoms with Crippen LogP contribution in [0.4, 0.5) is 5.69 Å². The Hall–Kier alpha value is -5.48. The van der Waals surface area contributed by atoms with Gasteiger partial charge in [0, 0.05) is 72.3 Å². The van der Waals surface area contributed by atoms with Gasteiger partial charge in [0.1, 0.15) is 11.3 Å². The molecule has 4 heterocycles. The van der Waals surface area contributed by atoms with E-state index in [-0.39, 0.29) is 23.9 Å². The largest absolute Gasteiger partial charge is 0.494 e. The third-order valence-corrected chi connectivity index (χ3v) is 11.0. The number of piperidine rings is 1. The van der Waals surface area contributed by atoms with Crippen LogP contribution >= 0.6 is 0 Å². The summed E-state index contributed by atoms with van der Waals surface area (Å²) in [5, 5.41) is 4.05. The lowest BCUT2D eigenvalue weighted by Crippen LogP contribution is -2.41. The Labute approximate surface area is 289 Å². The number of benzene rings is 3. The van der Waals surface area contributed by atoms with Gasteiger partial charge in [-0.05, 0) is 97.2 Å². The number of anilines is 1. The molecule has 50 heavy (non-hydrogen) atoms. The van der Waals surface area contributed by atoms with Crippen LogP contribution in [0.25, 0.3) is 44.6 Å². The lowest BCUT2D eigenvalue weighted by Gasteiger charge is -2.27. The molecular formula is C40H39N7O3. The monoisotopic (exact) mass is 665 g/mol. The van der Waals surface area contributed by atoms with E-state index in [1.807, 2.05) is 48.3 Å². The number of carbonyl (C=O) groups excluding carboxylic acids is 2. The molecule has 2 saturated carbocycles. The second-order valence-electron chi connectivity index (χ2n) is 14.1. The van der Waals surface area contributed by atoms with Crippen LogP contribution in [-0.4, -0.2) is 61.6 Å². The predicted molar refractivity (Wildman–Crippen MR) is 194 cm³/mol. The molecule has 2 amide bonds. The lowest BCUT2D eigenvalue weighted by molar-refractivity contribution is 0.0700. The minimum absolute atomic E-state index is 0.00200. The van der Waals surface area contributed by atoms with E-state index >= 15 is 0 Å². The fourth-order valence-electron chi connectivity index (χ4n) is 8.09. The number of nitrogens with two attached hydrogens (primary N) is 1. The zero-order valence-corrected chi connectivity index (χ0v) is 28.2. The van der Waals surface area contributed by atoms with Gasteiger partial charge in [0.15, 0.2) is 5.82 Å². The number of amides is 2. The molecule has 2 bridgehead atoms. The van der Waals surface area contributed by atoms with E-state index in [1.54, 1.807) is 31.6 Å². The van der Waals surface area contributed by atoms with Gasteiger partial charge >= 0.3 is 0 Å². The number of rotatable bonds is 8. The van der Waals surface area contributed by atoms with Crippen molar-refractivity contribution >= 4 is 39.4 Å². The van der Waals surface area contributed by atoms with Crippen molar-refractivity contribution in [3.05, 3.63) is 96.3 Å². The Balaban J connectivity index is 1.07. The quantitative estimate of drug-likeness (QED) is 0.192. The van der Waals surface area contributed by atoms with Gasteiger partial charge in [-0.3, -0.25) is 14.6 Å². The average molecular weight is 666 g/mol. The van der Waals surface area contributed by atoms with Gasteiger partial charge in [0.2, 0.25) is 0 Å². The highest BCUT2D eigenvalue weighted by molar-refractivity contribution is 6.04. The van der Waals surface area contributed by atoms with E-state index in [2.05, 4.69) is 43.7 Å². The molecule has 10 nitrogen and oxygen atoms in total. The van der Waals surface area contributed by atoms with Crippen molar-refractivity contribution < 1.29 is 14.3 Å². The molecule has 1 saturated heterocycles. The number of nitrogens with zero attached hydrogens (tertiary/aromatic N) is 5. The fourth-order valence-corrected chi connectivity index (χ4v) is 8.09. The van der Waals surface area contributed by atoms with Crippen molar-refractivity contribution in [3.63, 3.8) is 0 Å². The molecule has 3 aromatic carbocycles. The number of pyridine rings is 1. The minimum Gasteiger partial charge on any atom is -0.494 e. The summed E-state index contributed by atoms with van der Waals surface area (Å²) in [5.74, 6) is 2.30. The van der Waals surface area contributed by atoms with Crippen molar-refractivity contribution in [2.75, 3.05) is 19.0 Å². The van der Waals surface area contributed by atoms with Crippen molar-refractivity contribution in [2.24, 2.45) is 24.6 Å². The van der Waals surface area contributed by atoms with E-state index in [0.717, 1.165) is 64.0 Å². The number of aryl methyl sites for hydroxylation is 1. The summed E-state index contributed by atoms with van der Waals surface area (Å²) in [6.45, 7) is 1.62. The first kappa shape index (κ1) is 30.6. The molecule has 3 atom stereocenters. The molecule has 252 valence electrons. The number of fused-ring (bicyclic) bond motifs is 4. The molecule has 0 spiro atoms. The third-order valence-electron chi connectivity index (χ3n) is 11.0. The second-order valence-corrected chi connectivity index (χ2v) is 14.1. The lowest BCUT2D eigenvalue weighted by atomic mass is 10.0. The Kier molecular flexibility index (Phi) is 7.24. The number of carbonyl (C=O) groups is 2. The summed E-state index contributed by atoms with van der Waals surface area (Å²) < 4.78 is 10.4. The van der Waals surface area contributed by atoms with E-state index in [0.29, 0.717) is 40.9 Å². The maximum Gasteiger partial charge on any atom is 0.255 e. The number of likely N-dealkylation sites (tertiary alicyclic amines) is 1. The first-order valence-electron chi connectivity index (χ1n) is 17.4. The van der Waals surface area contributed by atoms with Gasteiger partial charge in [-0.1, -0.05) is 24.3 Å². The standard InChI is InChI=1S/C40H39N7O3/c1-45-37-31(17-29(20-35(37)50-2)40(49)47-22-28-11-12-32(47)36(28)41)44-38(45)34-19-27-10-9-26(18-33(27)46(34)21-23-3-4-23)24-5-7-25(8-6-24)39(48)43-30-13-15-42-16-14-30/h5-10,13-20,23,28,32,36H,3-4,11-12,21-22,41H2,1-2H3,(H,42,43,48)/t28-,32-,36-/m1/s1. The molecule has 9 rings (SSSR count). The molecule has 3 aromatic heterocycles. The van der Waals surface area contributed by atoms with Gasteiger partial charge in [-0.2, -0.15) is 0 Å². The van der Waals surface area contributed by atoms with Crippen LogP contribution in [0, 0.1) is 11.8 Å². The SMILES string of the molecule is COc1cc(C(=O)N2C[C@H]3CC[C@@H]2[C@@H]3N)cc2nc(-c3cc4ccc(-c5ccc(C(=O)Nc6ccncc6)cc5)cc4n3CC3CC3)n(C)c12. The van der Waals surface area contributed by atoms with Crippen molar-refractivity contribution in [2.45, 2.75) is 44.3 Å². The molecular weight excluding hydrogens is 626 g/mol. The topological polar surface area (TPSA) is 120 Å². The molecule has 0 unspecified atom stereocenters. The minimum atomic E-state index is -0.163. The van der Waals surface area contributed by atoms with Crippen LogP contribution < -0.4 is 15.8 Å². The van der Waals surface area contributed by atoms with Gasteiger partial charge in [-0.25, -0.2) is 4.98 Å². The molecule has 10 heteroatoms. The smallest absolute Gasteiger partial charge is 0.255 e. The number of ether oxygens (including phenoxy) is 1. The van der Waals surface area contributed by atoms with Crippen LogP contribution in [0.2, 0.25) is 0 Å². The Morgan fingerprint density at radius 1 is 0.920 bits per heavy atom. The number of methoxy groups -OCH3 is 1. The number of aromatic nitrogens is 4. The van der Waals surface area contributed by atoms with Gasteiger partial charge in [-0.15, -0.1) is 0 Å². The van der Waals surface area contributed by atoms with Crippen molar-refractivity contribution in [1.29, 1.82) is 0 Å². The molecule has 1 aliphatic heterocycles. The Bertz CT molecular complexity index is 2290. The van der Waals surface area contributed by atoms with Gasteiger partial charge in [0.25, 0.3) is 11.8 Å². The van der Waals surface area contributed by atoms with Crippen molar-refractivity contribution in [1.82, 2.24) is 24.0 Å². The predicted octanol–water partition coefficient (Wildman–Crippen LogP) is 6.49. The van der Waals surface area contributed by atoms with Crippen LogP contribution in [0.3, 0.4) is 0 Å². The molecule has 3 aliphatic rings. The number of hydrogen-bond donors (Lipinski definition) is 2. The molecule has 3 fully saturated rings. The highest BCUT2D eigenvalue weighted by atomic mass is 16.5. The highest BCUT2D eigenvalue weighted by Crippen LogP contribution is 2.41. The Morgan fingerprint density at radius 3 is 2.40 bits per heavy atom. The summed E-state index contributed by atoms with van der Waals surface area (Å²) >= 11 is 0. The van der Waals surface area contributed by atoms with E-state index in [1.165, 1.54) is 12.8 Å². The summed E-state index contributed by atoms with van der Waals surface area (Å²) in [6, 6.07) is 23.9. The number of nitrogens with one attached hydrogen (secondary N) is 1. The van der Waals surface area contributed by atoms with Crippen LogP contribution in [0.5, 0.6) is 5.75 Å². The van der Waals surface area contributed by atoms with Crippen LogP contribution in [0.15, 0.2) is 85.2 Å². The summed E-state index contributed by atoms with van der Waals surface area (Å²) in [7, 11) is 3.67. The average Bonchev–Trinajstić information content (AvgIpc) is 3.55. The van der Waals surface area contributed by atoms with Crippen LogP contribution in [-0.2, 0) is 13.6 Å². The third kappa shape index (κ3) is 5.13. The molecule has 0 radical (unpaired) electrons. The number of imidazole rings is 1.